The molecule has 0 atom stereocenters. The van der Waals surface area contributed by atoms with E-state index in [1.807, 2.05) is 6.92 Å². The standard InChI is InChI=1S/C12H16ClN3O2/c1-3-5-9(12(17)18-4-2)15-8-11-14-7-6-10(13)16-11/h5-7,15H,3-4,8H2,1-2H3. The number of hydrogen-bond acceptors (Lipinski definition) is 5. The molecule has 1 N–H and O–H groups in total. The lowest BCUT2D eigenvalue weighted by Gasteiger charge is -2.09. The number of carbonyl (C=O) groups is 1. The summed E-state index contributed by atoms with van der Waals surface area (Å²) in [6.07, 6.45) is 4.07. The summed E-state index contributed by atoms with van der Waals surface area (Å²) in [7, 11) is 0. The Labute approximate surface area is 111 Å². The zero-order chi connectivity index (χ0) is 13.4. The first-order valence-corrected chi connectivity index (χ1v) is 6.13. The number of nitrogens with zero attached hydrogens (tertiary/aromatic N) is 2. The molecule has 6 heteroatoms. The lowest BCUT2D eigenvalue weighted by molar-refractivity contribution is -0.139. The maximum absolute atomic E-state index is 11.6. The van der Waals surface area contributed by atoms with E-state index in [1.54, 1.807) is 25.3 Å². The van der Waals surface area contributed by atoms with Crippen molar-refractivity contribution in [1.82, 2.24) is 15.3 Å². The van der Waals surface area contributed by atoms with Crippen molar-refractivity contribution in [3.05, 3.63) is 35.0 Å². The fourth-order valence-corrected chi connectivity index (χ4v) is 1.43. The summed E-state index contributed by atoms with van der Waals surface area (Å²) >= 11 is 5.75. The number of hydrogen-bond donors (Lipinski definition) is 1. The van der Waals surface area contributed by atoms with Gasteiger partial charge in [0.25, 0.3) is 0 Å². The van der Waals surface area contributed by atoms with Crippen LogP contribution in [-0.2, 0) is 16.1 Å². The molecule has 0 aliphatic rings. The van der Waals surface area contributed by atoms with E-state index in [0.717, 1.165) is 6.42 Å². The Kier molecular flexibility index (Phi) is 6.14. The van der Waals surface area contributed by atoms with Gasteiger partial charge in [0, 0.05) is 6.20 Å². The summed E-state index contributed by atoms with van der Waals surface area (Å²) in [6, 6.07) is 1.60. The molecular formula is C12H16ClN3O2. The molecule has 0 radical (unpaired) electrons. The van der Waals surface area contributed by atoms with Crippen molar-refractivity contribution in [3.8, 4) is 0 Å². The van der Waals surface area contributed by atoms with E-state index >= 15 is 0 Å². The molecule has 0 amide bonds. The molecule has 0 spiro atoms. The fourth-order valence-electron chi connectivity index (χ4n) is 1.27. The first-order chi connectivity index (χ1) is 8.67. The third kappa shape index (κ3) is 4.71. The Bertz CT molecular complexity index is 435. The van der Waals surface area contributed by atoms with Gasteiger partial charge in [0.2, 0.25) is 0 Å². The van der Waals surface area contributed by atoms with Gasteiger partial charge in [0.05, 0.1) is 13.2 Å². The Morgan fingerprint density at radius 1 is 1.56 bits per heavy atom. The lowest BCUT2D eigenvalue weighted by Crippen LogP contribution is -2.23. The second-order valence-electron chi connectivity index (χ2n) is 3.40. The minimum absolute atomic E-state index is 0.325. The van der Waals surface area contributed by atoms with Crippen molar-refractivity contribution >= 4 is 17.6 Å². The largest absolute Gasteiger partial charge is 0.461 e. The summed E-state index contributed by atoms with van der Waals surface area (Å²) < 4.78 is 4.93. The maximum Gasteiger partial charge on any atom is 0.354 e. The quantitative estimate of drug-likeness (QED) is 0.487. The van der Waals surface area contributed by atoms with Crippen molar-refractivity contribution in [2.45, 2.75) is 26.8 Å². The van der Waals surface area contributed by atoms with Crippen LogP contribution < -0.4 is 5.32 Å². The van der Waals surface area contributed by atoms with E-state index in [-0.39, 0.29) is 5.97 Å². The Balaban J connectivity index is 2.63. The molecule has 0 saturated carbocycles. The first-order valence-electron chi connectivity index (χ1n) is 5.76. The van der Waals surface area contributed by atoms with Gasteiger partial charge < -0.3 is 10.1 Å². The molecular weight excluding hydrogens is 254 g/mol. The van der Waals surface area contributed by atoms with E-state index in [9.17, 15) is 4.79 Å². The number of halogens is 1. The smallest absolute Gasteiger partial charge is 0.354 e. The SMILES string of the molecule is CCC=C(NCc1nccc(Cl)n1)C(=O)OCC. The van der Waals surface area contributed by atoms with Crippen LogP contribution in [-0.4, -0.2) is 22.5 Å². The van der Waals surface area contributed by atoms with Crippen molar-refractivity contribution in [1.29, 1.82) is 0 Å². The number of ether oxygens (including phenoxy) is 1. The van der Waals surface area contributed by atoms with Crippen molar-refractivity contribution in [2.24, 2.45) is 0 Å². The average molecular weight is 270 g/mol. The summed E-state index contributed by atoms with van der Waals surface area (Å²) in [5.74, 6) is 0.148. The molecule has 1 aromatic heterocycles. The van der Waals surface area contributed by atoms with Crippen LogP contribution in [0.15, 0.2) is 24.0 Å². The summed E-state index contributed by atoms with van der Waals surface area (Å²) in [5.41, 5.74) is 0.419. The van der Waals surface area contributed by atoms with Crippen LogP contribution in [0.3, 0.4) is 0 Å². The molecule has 0 aliphatic heterocycles. The van der Waals surface area contributed by atoms with Gasteiger partial charge in [-0.1, -0.05) is 24.6 Å². The molecule has 0 aliphatic carbocycles. The fraction of sp³-hybridized carbons (Fsp3) is 0.417. The van der Waals surface area contributed by atoms with Crippen LogP contribution in [0.5, 0.6) is 0 Å². The summed E-state index contributed by atoms with van der Waals surface area (Å²) in [4.78, 5) is 19.7. The normalized spacial score (nSPS) is 11.2. The molecule has 98 valence electrons. The van der Waals surface area contributed by atoms with Gasteiger partial charge in [0.15, 0.2) is 0 Å². The van der Waals surface area contributed by atoms with Gasteiger partial charge in [-0.3, -0.25) is 0 Å². The van der Waals surface area contributed by atoms with Gasteiger partial charge in [-0.05, 0) is 19.4 Å². The second-order valence-corrected chi connectivity index (χ2v) is 3.78. The first kappa shape index (κ1) is 14.4. The topological polar surface area (TPSA) is 64.1 Å². The van der Waals surface area contributed by atoms with Gasteiger partial charge >= 0.3 is 5.97 Å². The van der Waals surface area contributed by atoms with Crippen LogP contribution in [0.1, 0.15) is 26.1 Å². The molecule has 18 heavy (non-hydrogen) atoms. The van der Waals surface area contributed by atoms with Gasteiger partial charge in [-0.2, -0.15) is 0 Å². The molecule has 0 bridgehead atoms. The highest BCUT2D eigenvalue weighted by atomic mass is 35.5. The molecule has 1 rings (SSSR count). The molecule has 1 aromatic rings. The number of esters is 1. The number of rotatable bonds is 6. The number of aromatic nitrogens is 2. The third-order valence-electron chi connectivity index (χ3n) is 2.01. The average Bonchev–Trinajstić information content (AvgIpc) is 2.35. The predicted octanol–water partition coefficient (Wildman–Crippen LogP) is 2.08. The molecule has 0 aromatic carbocycles. The van der Waals surface area contributed by atoms with E-state index in [1.165, 1.54) is 0 Å². The second kappa shape index (κ2) is 7.66. The molecule has 0 fully saturated rings. The van der Waals surface area contributed by atoms with Crippen LogP contribution in [0.4, 0.5) is 0 Å². The van der Waals surface area contributed by atoms with Crippen molar-refractivity contribution < 1.29 is 9.53 Å². The van der Waals surface area contributed by atoms with Gasteiger partial charge in [-0.15, -0.1) is 0 Å². The third-order valence-corrected chi connectivity index (χ3v) is 2.22. The van der Waals surface area contributed by atoms with E-state index in [0.29, 0.717) is 29.8 Å². The molecule has 5 nitrogen and oxygen atoms in total. The lowest BCUT2D eigenvalue weighted by atomic mass is 10.3. The predicted molar refractivity (Wildman–Crippen MR) is 68.9 cm³/mol. The van der Waals surface area contributed by atoms with Crippen LogP contribution in [0.25, 0.3) is 0 Å². The zero-order valence-electron chi connectivity index (χ0n) is 10.4. The number of allylic oxidation sites excluding steroid dienone is 1. The monoisotopic (exact) mass is 269 g/mol. The molecule has 1 heterocycles. The Morgan fingerprint density at radius 3 is 2.94 bits per heavy atom. The van der Waals surface area contributed by atoms with Crippen LogP contribution >= 0.6 is 11.6 Å². The Hall–Kier alpha value is -1.62. The zero-order valence-corrected chi connectivity index (χ0v) is 11.2. The number of nitrogens with one attached hydrogen (secondary N) is 1. The maximum atomic E-state index is 11.6. The van der Waals surface area contributed by atoms with Crippen LogP contribution in [0, 0.1) is 0 Å². The van der Waals surface area contributed by atoms with E-state index in [2.05, 4.69) is 15.3 Å². The highest BCUT2D eigenvalue weighted by Gasteiger charge is 2.09. The molecule has 0 saturated heterocycles. The van der Waals surface area contributed by atoms with Crippen molar-refractivity contribution in [3.63, 3.8) is 0 Å². The Morgan fingerprint density at radius 2 is 2.33 bits per heavy atom. The van der Waals surface area contributed by atoms with Gasteiger partial charge in [-0.25, -0.2) is 14.8 Å². The summed E-state index contributed by atoms with van der Waals surface area (Å²) in [5, 5.41) is 3.33. The van der Waals surface area contributed by atoms with Crippen LogP contribution in [0.2, 0.25) is 5.15 Å². The minimum Gasteiger partial charge on any atom is -0.461 e. The number of carbonyl (C=O) groups excluding carboxylic acids is 1. The minimum atomic E-state index is -0.374. The van der Waals surface area contributed by atoms with E-state index in [4.69, 9.17) is 16.3 Å². The highest BCUT2D eigenvalue weighted by Crippen LogP contribution is 2.03. The van der Waals surface area contributed by atoms with Crippen molar-refractivity contribution in [2.75, 3.05) is 6.61 Å². The van der Waals surface area contributed by atoms with Gasteiger partial charge in [0.1, 0.15) is 16.7 Å². The van der Waals surface area contributed by atoms with E-state index < -0.39 is 0 Å². The molecule has 0 unspecified atom stereocenters. The summed E-state index contributed by atoms with van der Waals surface area (Å²) in [6.45, 7) is 4.37. The highest BCUT2D eigenvalue weighted by molar-refractivity contribution is 6.29.